The zero-order valence-electron chi connectivity index (χ0n) is 18.5. The number of hydrazone groups is 1. The van der Waals surface area contributed by atoms with Gasteiger partial charge >= 0.3 is 0 Å². The van der Waals surface area contributed by atoms with Gasteiger partial charge in [0.15, 0.2) is 11.5 Å². The van der Waals surface area contributed by atoms with Crippen LogP contribution in [0.25, 0.3) is 0 Å². The van der Waals surface area contributed by atoms with E-state index in [1.165, 1.54) is 6.21 Å². The van der Waals surface area contributed by atoms with Gasteiger partial charge in [-0.2, -0.15) is 10.1 Å². The van der Waals surface area contributed by atoms with Crippen molar-refractivity contribution >= 4 is 29.6 Å². The minimum absolute atomic E-state index is 0.153. The first kappa shape index (κ1) is 21.7. The van der Waals surface area contributed by atoms with E-state index in [1.54, 1.807) is 12.1 Å². The van der Waals surface area contributed by atoms with Gasteiger partial charge in [-0.15, -0.1) is 0 Å². The van der Waals surface area contributed by atoms with E-state index in [9.17, 15) is 9.59 Å². The van der Waals surface area contributed by atoms with Crippen molar-refractivity contribution in [1.82, 2.24) is 5.01 Å². The summed E-state index contributed by atoms with van der Waals surface area (Å²) in [7, 11) is 0. The molecule has 2 fully saturated rings. The highest BCUT2D eigenvalue weighted by Gasteiger charge is 2.59. The van der Waals surface area contributed by atoms with Crippen molar-refractivity contribution in [2.24, 2.45) is 28.8 Å². The normalized spacial score (nSPS) is 25.4. The van der Waals surface area contributed by atoms with Crippen LogP contribution in [0.2, 0.25) is 5.02 Å². The average Bonchev–Trinajstić information content (AvgIpc) is 3.46. The Kier molecular flexibility index (Phi) is 5.71. The largest absolute Gasteiger partial charge is 0.490 e. The summed E-state index contributed by atoms with van der Waals surface area (Å²) < 4.78 is 11.7. The molecule has 1 saturated heterocycles. The average molecular weight is 465 g/mol. The fraction of sp³-hybridized carbons (Fsp3) is 0.346. The van der Waals surface area contributed by atoms with Gasteiger partial charge in [-0.05, 0) is 55.4 Å². The highest BCUT2D eigenvalue weighted by atomic mass is 35.5. The van der Waals surface area contributed by atoms with Gasteiger partial charge in [0.2, 0.25) is 0 Å². The Labute approximate surface area is 197 Å². The number of nitrogens with zero attached hydrogens (tertiary/aromatic N) is 2. The van der Waals surface area contributed by atoms with Crippen LogP contribution in [0.1, 0.15) is 30.0 Å². The van der Waals surface area contributed by atoms with Crippen LogP contribution in [0.3, 0.4) is 0 Å². The number of carbonyl (C=O) groups excluding carboxylic acids is 2. The molecule has 3 aliphatic rings. The minimum Gasteiger partial charge on any atom is -0.490 e. The number of benzene rings is 2. The van der Waals surface area contributed by atoms with E-state index in [-0.39, 0.29) is 35.5 Å². The molecule has 7 heteroatoms. The number of amides is 2. The number of allylic oxidation sites excluding steroid dienone is 2. The highest BCUT2D eigenvalue weighted by Crippen LogP contribution is 2.52. The molecule has 5 rings (SSSR count). The summed E-state index contributed by atoms with van der Waals surface area (Å²) in [6.07, 6.45) is 6.49. The van der Waals surface area contributed by atoms with Crippen molar-refractivity contribution in [3.63, 3.8) is 0 Å². The van der Waals surface area contributed by atoms with Crippen molar-refractivity contribution in [2.45, 2.75) is 26.9 Å². The molecule has 1 heterocycles. The van der Waals surface area contributed by atoms with Crippen LogP contribution in [-0.2, 0) is 16.2 Å². The fourth-order valence-electron chi connectivity index (χ4n) is 5.15. The van der Waals surface area contributed by atoms with Gasteiger partial charge in [-0.3, -0.25) is 9.59 Å². The van der Waals surface area contributed by atoms with Gasteiger partial charge in [0.25, 0.3) is 11.8 Å². The molecule has 4 unspecified atom stereocenters. The molecule has 0 aromatic heterocycles. The highest BCUT2D eigenvalue weighted by molar-refractivity contribution is 6.32. The second-order valence-corrected chi connectivity index (χ2v) is 9.18. The summed E-state index contributed by atoms with van der Waals surface area (Å²) in [5, 5.41) is 5.63. The van der Waals surface area contributed by atoms with Crippen LogP contribution in [0.4, 0.5) is 0 Å². The van der Waals surface area contributed by atoms with Gasteiger partial charge in [0.1, 0.15) is 6.61 Å². The molecule has 2 amide bonds. The van der Waals surface area contributed by atoms with Gasteiger partial charge < -0.3 is 9.47 Å². The van der Waals surface area contributed by atoms with Gasteiger partial charge in [0.05, 0.1) is 29.7 Å². The van der Waals surface area contributed by atoms with Crippen LogP contribution in [0, 0.1) is 30.6 Å². The van der Waals surface area contributed by atoms with Crippen molar-refractivity contribution in [2.75, 3.05) is 6.61 Å². The van der Waals surface area contributed by atoms with Crippen LogP contribution in [0.5, 0.6) is 11.5 Å². The Morgan fingerprint density at radius 3 is 2.48 bits per heavy atom. The molecule has 1 saturated carbocycles. The van der Waals surface area contributed by atoms with Crippen LogP contribution in [-0.4, -0.2) is 29.6 Å². The predicted molar refractivity (Wildman–Crippen MR) is 125 cm³/mol. The lowest BCUT2D eigenvalue weighted by atomic mass is 9.85. The molecular formula is C26H25ClN2O4. The molecule has 2 aliphatic carbocycles. The molecule has 170 valence electrons. The second-order valence-electron chi connectivity index (χ2n) is 8.77. The Balaban J connectivity index is 1.35. The smallest absolute Gasteiger partial charge is 0.254 e. The number of ether oxygens (including phenoxy) is 2. The summed E-state index contributed by atoms with van der Waals surface area (Å²) >= 11 is 6.52. The molecule has 6 nitrogen and oxygen atoms in total. The quantitative estimate of drug-likeness (QED) is 0.336. The first-order valence-electron chi connectivity index (χ1n) is 11.2. The Morgan fingerprint density at radius 1 is 1.09 bits per heavy atom. The number of hydrogen-bond acceptors (Lipinski definition) is 5. The number of hydrogen-bond donors (Lipinski definition) is 0. The lowest BCUT2D eigenvalue weighted by Gasteiger charge is -2.15. The molecular weight excluding hydrogens is 440 g/mol. The molecule has 2 bridgehead atoms. The topological polar surface area (TPSA) is 68.2 Å². The molecule has 0 N–H and O–H groups in total. The Hall–Kier alpha value is -3.12. The van der Waals surface area contributed by atoms with Crippen molar-refractivity contribution < 1.29 is 19.1 Å². The zero-order chi connectivity index (χ0) is 23.1. The van der Waals surface area contributed by atoms with Crippen molar-refractivity contribution in [1.29, 1.82) is 0 Å². The van der Waals surface area contributed by atoms with Gasteiger partial charge in [-0.25, -0.2) is 0 Å². The third-order valence-electron chi connectivity index (χ3n) is 6.57. The number of imide groups is 1. The summed E-state index contributed by atoms with van der Waals surface area (Å²) in [5.41, 5.74) is 2.79. The van der Waals surface area contributed by atoms with Crippen molar-refractivity contribution in [3.05, 3.63) is 70.3 Å². The number of rotatable bonds is 7. The zero-order valence-corrected chi connectivity index (χ0v) is 19.3. The first-order valence-corrected chi connectivity index (χ1v) is 11.6. The molecule has 1 aliphatic heterocycles. The molecule has 0 spiro atoms. The predicted octanol–water partition coefficient (Wildman–Crippen LogP) is 4.77. The minimum atomic E-state index is -0.273. The molecule has 2 aromatic rings. The van der Waals surface area contributed by atoms with Crippen LogP contribution in [0.15, 0.2) is 53.7 Å². The third kappa shape index (κ3) is 3.93. The maximum Gasteiger partial charge on any atom is 0.254 e. The monoisotopic (exact) mass is 464 g/mol. The number of halogens is 1. The van der Waals surface area contributed by atoms with Crippen LogP contribution < -0.4 is 9.47 Å². The number of aryl methyl sites for hydroxylation is 1. The second kappa shape index (κ2) is 8.67. The summed E-state index contributed by atoms with van der Waals surface area (Å²) in [4.78, 5) is 25.7. The van der Waals surface area contributed by atoms with E-state index in [2.05, 4.69) is 23.3 Å². The Bertz CT molecular complexity index is 1140. The van der Waals surface area contributed by atoms with Crippen LogP contribution >= 0.6 is 11.6 Å². The lowest BCUT2D eigenvalue weighted by Crippen LogP contribution is -2.28. The van der Waals surface area contributed by atoms with Gasteiger partial charge in [-0.1, -0.05) is 53.6 Å². The summed E-state index contributed by atoms with van der Waals surface area (Å²) in [6.45, 7) is 4.69. The summed E-state index contributed by atoms with van der Waals surface area (Å²) in [5.74, 6) is 0.259. The van der Waals surface area contributed by atoms with E-state index in [0.717, 1.165) is 22.6 Å². The van der Waals surface area contributed by atoms with E-state index in [1.807, 2.05) is 32.0 Å². The van der Waals surface area contributed by atoms with E-state index >= 15 is 0 Å². The lowest BCUT2D eigenvalue weighted by molar-refractivity contribution is -0.140. The Morgan fingerprint density at radius 2 is 1.82 bits per heavy atom. The molecule has 0 radical (unpaired) electrons. The number of fused-ring (bicyclic) bond motifs is 5. The molecule has 33 heavy (non-hydrogen) atoms. The third-order valence-corrected chi connectivity index (χ3v) is 6.85. The number of carbonyl (C=O) groups is 2. The van der Waals surface area contributed by atoms with Gasteiger partial charge in [0, 0.05) is 0 Å². The molecule has 4 atom stereocenters. The molecule has 2 aromatic carbocycles. The SMILES string of the molecule is CCOc1cc(C=NN2C(=O)C3C4C=CC(C4)C3C2=O)cc(Cl)c1OCc1cccc(C)c1. The van der Waals surface area contributed by atoms with E-state index in [0.29, 0.717) is 35.3 Å². The maximum atomic E-state index is 12.8. The van der Waals surface area contributed by atoms with Crippen molar-refractivity contribution in [3.8, 4) is 11.5 Å². The standard InChI is InChI=1S/C26H25ClN2O4/c1-3-32-21-11-17(10-20(27)24(21)33-14-16-6-4-5-15(2)9-16)13-28-29-25(30)22-18-7-8-19(12-18)23(22)26(29)31/h4-11,13,18-19,22-23H,3,12,14H2,1-2H3. The van der Waals surface area contributed by atoms with E-state index < -0.39 is 0 Å². The fourth-order valence-corrected chi connectivity index (χ4v) is 5.42. The summed E-state index contributed by atoms with van der Waals surface area (Å²) in [6, 6.07) is 11.5. The first-order chi connectivity index (χ1) is 16.0. The van der Waals surface area contributed by atoms with E-state index in [4.69, 9.17) is 21.1 Å². The maximum absolute atomic E-state index is 12.8.